The van der Waals surface area contributed by atoms with Gasteiger partial charge in [-0.05, 0) is 37.5 Å². The number of hydrogen-bond acceptors (Lipinski definition) is 4. The molecule has 0 heterocycles. The second-order valence-corrected chi connectivity index (χ2v) is 4.55. The van der Waals surface area contributed by atoms with E-state index in [4.69, 9.17) is 9.47 Å². The fourth-order valence-corrected chi connectivity index (χ4v) is 1.52. The van der Waals surface area contributed by atoms with E-state index in [1.807, 2.05) is 20.8 Å². The molecule has 0 saturated heterocycles. The van der Waals surface area contributed by atoms with Gasteiger partial charge in [0.25, 0.3) is 0 Å². The Hall–Kier alpha value is -2.24. The maximum Gasteiger partial charge on any atom is 0.411 e. The molecule has 0 aliphatic rings. The van der Waals surface area contributed by atoms with Gasteiger partial charge in [0.1, 0.15) is 0 Å². The van der Waals surface area contributed by atoms with Crippen molar-refractivity contribution >= 4 is 23.6 Å². The molecule has 2 amide bonds. The van der Waals surface area contributed by atoms with Gasteiger partial charge in [0.15, 0.2) is 0 Å². The summed E-state index contributed by atoms with van der Waals surface area (Å²) in [5, 5.41) is 5.26. The van der Waals surface area contributed by atoms with Crippen LogP contribution in [0.25, 0.3) is 0 Å². The van der Waals surface area contributed by atoms with Crippen LogP contribution in [0.4, 0.5) is 21.0 Å². The van der Waals surface area contributed by atoms with E-state index in [2.05, 4.69) is 10.6 Å². The lowest BCUT2D eigenvalue weighted by atomic mass is 10.2. The Labute approximate surface area is 124 Å². The predicted octanol–water partition coefficient (Wildman–Crippen LogP) is 3.91. The Morgan fingerprint density at radius 1 is 1.00 bits per heavy atom. The Balaban J connectivity index is 2.66. The van der Waals surface area contributed by atoms with Crippen molar-refractivity contribution in [3.63, 3.8) is 0 Å². The van der Waals surface area contributed by atoms with Crippen molar-refractivity contribution in [3.8, 4) is 0 Å². The molecular formula is C15H22N2O4. The van der Waals surface area contributed by atoms with Gasteiger partial charge >= 0.3 is 12.2 Å². The minimum Gasteiger partial charge on any atom is -0.449 e. The third-order valence-corrected chi connectivity index (χ3v) is 2.60. The summed E-state index contributed by atoms with van der Waals surface area (Å²) in [5.74, 6) is 0. The van der Waals surface area contributed by atoms with Gasteiger partial charge in [-0.15, -0.1) is 0 Å². The van der Waals surface area contributed by atoms with E-state index in [1.54, 1.807) is 18.2 Å². The zero-order valence-electron chi connectivity index (χ0n) is 12.7. The van der Waals surface area contributed by atoms with Gasteiger partial charge in [0.2, 0.25) is 0 Å². The molecule has 6 nitrogen and oxygen atoms in total. The number of nitrogens with one attached hydrogen (secondary N) is 2. The number of amides is 2. The largest absolute Gasteiger partial charge is 0.449 e. The van der Waals surface area contributed by atoms with Crippen LogP contribution in [0.15, 0.2) is 18.2 Å². The summed E-state index contributed by atoms with van der Waals surface area (Å²) in [5.41, 5.74) is 2.01. The number of ether oxygens (including phenoxy) is 2. The highest BCUT2D eigenvalue weighted by Gasteiger charge is 2.08. The number of carbonyl (C=O) groups excluding carboxylic acids is 2. The van der Waals surface area contributed by atoms with E-state index >= 15 is 0 Å². The molecule has 2 N–H and O–H groups in total. The minimum absolute atomic E-state index is 0.367. The summed E-state index contributed by atoms with van der Waals surface area (Å²) in [6.45, 7) is 6.43. The molecule has 1 aromatic carbocycles. The highest BCUT2D eigenvalue weighted by molar-refractivity contribution is 5.89. The topological polar surface area (TPSA) is 76.7 Å². The van der Waals surface area contributed by atoms with Crippen molar-refractivity contribution in [2.24, 2.45) is 0 Å². The normalized spacial score (nSPS) is 9.86. The van der Waals surface area contributed by atoms with E-state index in [-0.39, 0.29) is 0 Å². The van der Waals surface area contributed by atoms with Crippen molar-refractivity contribution in [2.75, 3.05) is 23.8 Å². The second kappa shape index (κ2) is 8.84. The summed E-state index contributed by atoms with van der Waals surface area (Å²) >= 11 is 0. The number of anilines is 2. The third-order valence-electron chi connectivity index (χ3n) is 2.60. The van der Waals surface area contributed by atoms with Gasteiger partial charge in [0.05, 0.1) is 13.2 Å². The summed E-state index contributed by atoms with van der Waals surface area (Å²) in [4.78, 5) is 23.0. The van der Waals surface area contributed by atoms with Crippen molar-refractivity contribution in [3.05, 3.63) is 23.8 Å². The van der Waals surface area contributed by atoms with Crippen LogP contribution in [0.5, 0.6) is 0 Å². The number of rotatable bonds is 6. The van der Waals surface area contributed by atoms with E-state index < -0.39 is 12.2 Å². The molecular weight excluding hydrogens is 272 g/mol. The number of hydrogen-bond donors (Lipinski definition) is 2. The van der Waals surface area contributed by atoms with Gasteiger partial charge in [-0.25, -0.2) is 9.59 Å². The molecule has 0 atom stereocenters. The zero-order valence-corrected chi connectivity index (χ0v) is 12.7. The van der Waals surface area contributed by atoms with Gasteiger partial charge in [-0.3, -0.25) is 10.6 Å². The summed E-state index contributed by atoms with van der Waals surface area (Å²) < 4.78 is 9.90. The molecule has 0 saturated carbocycles. The molecule has 0 bridgehead atoms. The molecule has 0 radical (unpaired) electrons. The van der Waals surface area contributed by atoms with Crippen LogP contribution in [-0.4, -0.2) is 25.4 Å². The summed E-state index contributed by atoms with van der Waals surface area (Å²) in [7, 11) is 0. The maximum absolute atomic E-state index is 11.6. The fourth-order valence-electron chi connectivity index (χ4n) is 1.52. The quantitative estimate of drug-likeness (QED) is 0.834. The summed E-state index contributed by atoms with van der Waals surface area (Å²) in [6, 6.07) is 5.20. The second-order valence-electron chi connectivity index (χ2n) is 4.55. The lowest BCUT2D eigenvalue weighted by Gasteiger charge is -2.11. The Kier molecular flexibility index (Phi) is 7.08. The molecule has 116 valence electrons. The molecule has 1 rings (SSSR count). The van der Waals surface area contributed by atoms with Crippen molar-refractivity contribution in [2.45, 2.75) is 33.6 Å². The Bertz CT molecular complexity index is 489. The van der Waals surface area contributed by atoms with E-state index in [1.165, 1.54) is 0 Å². The minimum atomic E-state index is -0.514. The Morgan fingerprint density at radius 2 is 1.57 bits per heavy atom. The molecule has 0 fully saturated rings. The smallest absolute Gasteiger partial charge is 0.411 e. The molecule has 0 unspecified atom stereocenters. The lowest BCUT2D eigenvalue weighted by Crippen LogP contribution is -2.16. The van der Waals surface area contributed by atoms with Gasteiger partial charge < -0.3 is 9.47 Å². The van der Waals surface area contributed by atoms with Crippen molar-refractivity contribution in [1.82, 2.24) is 0 Å². The molecule has 21 heavy (non-hydrogen) atoms. The molecule has 0 aliphatic heterocycles. The SMILES string of the molecule is CCCOC(=O)Nc1ccc(C)c(NC(=O)OCCC)c1. The van der Waals surface area contributed by atoms with E-state index in [9.17, 15) is 9.59 Å². The van der Waals surface area contributed by atoms with Crippen LogP contribution in [0, 0.1) is 6.92 Å². The number of aryl methyl sites for hydroxylation is 1. The predicted molar refractivity (Wildman–Crippen MR) is 81.7 cm³/mol. The molecule has 1 aromatic rings. The third kappa shape index (κ3) is 6.16. The monoisotopic (exact) mass is 294 g/mol. The van der Waals surface area contributed by atoms with Crippen LogP contribution in [0.2, 0.25) is 0 Å². The Morgan fingerprint density at radius 3 is 2.14 bits per heavy atom. The van der Waals surface area contributed by atoms with Crippen molar-refractivity contribution in [1.29, 1.82) is 0 Å². The summed E-state index contributed by atoms with van der Waals surface area (Å²) in [6.07, 6.45) is 0.500. The van der Waals surface area contributed by atoms with Crippen molar-refractivity contribution < 1.29 is 19.1 Å². The molecule has 0 spiro atoms. The van der Waals surface area contributed by atoms with Crippen LogP contribution in [-0.2, 0) is 9.47 Å². The average Bonchev–Trinajstić information content (AvgIpc) is 2.46. The first-order valence-corrected chi connectivity index (χ1v) is 7.05. The number of carbonyl (C=O) groups is 2. The average molecular weight is 294 g/mol. The van der Waals surface area contributed by atoms with Gasteiger partial charge in [-0.2, -0.15) is 0 Å². The van der Waals surface area contributed by atoms with E-state index in [0.717, 1.165) is 18.4 Å². The van der Waals surface area contributed by atoms with Gasteiger partial charge in [0, 0.05) is 11.4 Å². The first kappa shape index (κ1) is 16.8. The zero-order chi connectivity index (χ0) is 15.7. The van der Waals surface area contributed by atoms with Crippen LogP contribution < -0.4 is 10.6 Å². The highest BCUT2D eigenvalue weighted by Crippen LogP contribution is 2.20. The first-order chi connectivity index (χ1) is 10.1. The van der Waals surface area contributed by atoms with Gasteiger partial charge in [-0.1, -0.05) is 19.9 Å². The maximum atomic E-state index is 11.6. The van der Waals surface area contributed by atoms with Crippen LogP contribution in [0.1, 0.15) is 32.3 Å². The number of benzene rings is 1. The lowest BCUT2D eigenvalue weighted by molar-refractivity contribution is 0.161. The molecule has 0 aliphatic carbocycles. The van der Waals surface area contributed by atoms with E-state index in [0.29, 0.717) is 24.6 Å². The molecule has 6 heteroatoms. The fraction of sp³-hybridized carbons (Fsp3) is 0.467. The first-order valence-electron chi connectivity index (χ1n) is 7.05. The van der Waals surface area contributed by atoms with Crippen LogP contribution in [0.3, 0.4) is 0 Å². The highest BCUT2D eigenvalue weighted by atomic mass is 16.6. The standard InChI is InChI=1S/C15H22N2O4/c1-4-8-20-14(18)16-12-7-6-11(3)13(10-12)17-15(19)21-9-5-2/h6-7,10H,4-5,8-9H2,1-3H3,(H,16,18)(H,17,19). The van der Waals surface area contributed by atoms with Crippen LogP contribution >= 0.6 is 0 Å². The molecule has 0 aromatic heterocycles.